The monoisotopic (exact) mass is 377 g/mol. The van der Waals surface area contributed by atoms with E-state index in [1.165, 1.54) is 15.8 Å². The molecule has 0 fully saturated rings. The van der Waals surface area contributed by atoms with Gasteiger partial charge >= 0.3 is 0 Å². The van der Waals surface area contributed by atoms with Gasteiger partial charge in [0.25, 0.3) is 0 Å². The molecule has 132 valence electrons. The number of thiophene rings is 1. The van der Waals surface area contributed by atoms with Gasteiger partial charge in [-0.05, 0) is 35.9 Å². The van der Waals surface area contributed by atoms with Crippen molar-refractivity contribution >= 4 is 43.5 Å². The molecule has 0 aliphatic heterocycles. The van der Waals surface area contributed by atoms with E-state index in [0.29, 0.717) is 0 Å². The Balaban J connectivity index is 1.55. The molecule has 0 atom stereocenters. The smallest absolute Gasteiger partial charge is 0.144 e. The van der Waals surface area contributed by atoms with E-state index in [9.17, 15) is 0 Å². The number of hydrogen-bond acceptors (Lipinski definition) is 3. The van der Waals surface area contributed by atoms with E-state index >= 15 is 0 Å². The number of para-hydroxylation sites is 2. The van der Waals surface area contributed by atoms with Crippen LogP contribution in [0.15, 0.2) is 95.4 Å². The van der Waals surface area contributed by atoms with Crippen LogP contribution in [0.2, 0.25) is 0 Å². The quantitative estimate of drug-likeness (QED) is 0.312. The average molecular weight is 377 g/mol. The number of fused-ring (bicyclic) bond motifs is 4. The van der Waals surface area contributed by atoms with Crippen molar-refractivity contribution in [2.75, 3.05) is 0 Å². The molecule has 28 heavy (non-hydrogen) atoms. The highest BCUT2D eigenvalue weighted by Crippen LogP contribution is 2.37. The first-order valence-corrected chi connectivity index (χ1v) is 10.1. The molecule has 0 aliphatic rings. The van der Waals surface area contributed by atoms with Crippen molar-refractivity contribution < 1.29 is 4.42 Å². The van der Waals surface area contributed by atoms with Crippen LogP contribution in [0.4, 0.5) is 0 Å². The van der Waals surface area contributed by atoms with Gasteiger partial charge in [0, 0.05) is 26.6 Å². The molecular formula is C25H15NOS. The Morgan fingerprint density at radius 1 is 0.714 bits per heavy atom. The van der Waals surface area contributed by atoms with Crippen LogP contribution in [-0.2, 0) is 0 Å². The molecule has 0 aliphatic carbocycles. The third-order valence-electron chi connectivity index (χ3n) is 5.12. The van der Waals surface area contributed by atoms with Crippen molar-refractivity contribution in [3.05, 3.63) is 91.0 Å². The fourth-order valence-corrected chi connectivity index (χ4v) is 4.80. The Bertz CT molecular complexity index is 1460. The first-order valence-electron chi connectivity index (χ1n) is 9.23. The van der Waals surface area contributed by atoms with Crippen LogP contribution in [0, 0.1) is 0 Å². The van der Waals surface area contributed by atoms with E-state index in [-0.39, 0.29) is 0 Å². The molecule has 3 heteroatoms. The summed E-state index contributed by atoms with van der Waals surface area (Å²) >= 11 is 1.73. The summed E-state index contributed by atoms with van der Waals surface area (Å²) in [5.74, 6) is 0. The predicted molar refractivity (Wildman–Crippen MR) is 118 cm³/mol. The van der Waals surface area contributed by atoms with Crippen LogP contribution in [0.3, 0.4) is 0 Å². The van der Waals surface area contributed by atoms with Crippen molar-refractivity contribution in [3.63, 3.8) is 0 Å². The minimum Gasteiger partial charge on any atom is -0.455 e. The Kier molecular flexibility index (Phi) is 3.37. The summed E-state index contributed by atoms with van der Waals surface area (Å²) in [5.41, 5.74) is 5.01. The van der Waals surface area contributed by atoms with E-state index in [1.807, 2.05) is 24.3 Å². The number of rotatable bonds is 2. The fraction of sp³-hybridized carbons (Fsp3) is 0. The fourth-order valence-electron chi connectivity index (χ4n) is 3.76. The maximum atomic E-state index is 6.19. The summed E-state index contributed by atoms with van der Waals surface area (Å²) in [6, 6.07) is 31.4. The van der Waals surface area contributed by atoms with E-state index in [2.05, 4.69) is 66.7 Å². The number of aromatic nitrogens is 1. The second-order valence-corrected chi connectivity index (χ2v) is 7.88. The van der Waals surface area contributed by atoms with Crippen molar-refractivity contribution in [2.24, 2.45) is 0 Å². The summed E-state index contributed by atoms with van der Waals surface area (Å²) in [7, 11) is 0. The molecule has 6 aromatic rings. The second kappa shape index (κ2) is 6.04. The van der Waals surface area contributed by atoms with E-state index < -0.39 is 0 Å². The highest BCUT2D eigenvalue weighted by Gasteiger charge is 2.14. The number of furan rings is 1. The van der Waals surface area contributed by atoms with Gasteiger partial charge in [0.05, 0.1) is 5.69 Å². The zero-order chi connectivity index (χ0) is 18.5. The van der Waals surface area contributed by atoms with Crippen LogP contribution < -0.4 is 0 Å². The molecule has 3 aromatic heterocycles. The summed E-state index contributed by atoms with van der Waals surface area (Å²) in [5, 5.41) is 3.44. The SMILES string of the molecule is c1ccc(-c2cc3ccc(-c4cccc5c4oc4ccccc45)nc3s2)cc1. The summed E-state index contributed by atoms with van der Waals surface area (Å²) < 4.78 is 6.19. The molecule has 0 bridgehead atoms. The van der Waals surface area contributed by atoms with Crippen molar-refractivity contribution in [1.82, 2.24) is 4.98 Å². The third kappa shape index (κ3) is 2.37. The van der Waals surface area contributed by atoms with Gasteiger partial charge in [-0.3, -0.25) is 0 Å². The molecule has 0 amide bonds. The average Bonchev–Trinajstić information content (AvgIpc) is 3.35. The second-order valence-electron chi connectivity index (χ2n) is 6.85. The van der Waals surface area contributed by atoms with Gasteiger partial charge in [-0.2, -0.15) is 0 Å². The van der Waals surface area contributed by atoms with Crippen LogP contribution in [0.5, 0.6) is 0 Å². The van der Waals surface area contributed by atoms with Gasteiger partial charge in [0.2, 0.25) is 0 Å². The third-order valence-corrected chi connectivity index (χ3v) is 6.22. The Hall–Kier alpha value is -3.43. The highest BCUT2D eigenvalue weighted by molar-refractivity contribution is 7.21. The lowest BCUT2D eigenvalue weighted by Crippen LogP contribution is -1.83. The van der Waals surface area contributed by atoms with Gasteiger partial charge in [-0.1, -0.05) is 60.7 Å². The first-order chi connectivity index (χ1) is 13.9. The summed E-state index contributed by atoms with van der Waals surface area (Å²) in [4.78, 5) is 7.25. The van der Waals surface area contributed by atoms with E-state index in [1.54, 1.807) is 11.3 Å². The molecule has 0 spiro atoms. The zero-order valence-corrected chi connectivity index (χ0v) is 15.7. The zero-order valence-electron chi connectivity index (χ0n) is 14.9. The molecule has 0 N–H and O–H groups in total. The van der Waals surface area contributed by atoms with Crippen LogP contribution >= 0.6 is 11.3 Å². The lowest BCUT2D eigenvalue weighted by Gasteiger charge is -2.02. The highest BCUT2D eigenvalue weighted by atomic mass is 32.1. The largest absolute Gasteiger partial charge is 0.455 e. The minimum atomic E-state index is 0.899. The molecule has 0 radical (unpaired) electrons. The van der Waals surface area contributed by atoms with E-state index in [4.69, 9.17) is 9.40 Å². The number of benzene rings is 3. The number of nitrogens with zero attached hydrogens (tertiary/aromatic N) is 1. The Morgan fingerprint density at radius 3 is 2.46 bits per heavy atom. The Labute approximate surface area is 165 Å². The normalized spacial score (nSPS) is 11.6. The topological polar surface area (TPSA) is 26.0 Å². The maximum absolute atomic E-state index is 6.19. The predicted octanol–water partition coefficient (Wildman–Crippen LogP) is 7.53. The van der Waals surface area contributed by atoms with Gasteiger partial charge < -0.3 is 4.42 Å². The molecule has 2 nitrogen and oxygen atoms in total. The molecule has 3 aromatic carbocycles. The lowest BCUT2D eigenvalue weighted by atomic mass is 10.1. The molecular weight excluding hydrogens is 362 g/mol. The van der Waals surface area contributed by atoms with Gasteiger partial charge in [-0.25, -0.2) is 4.98 Å². The lowest BCUT2D eigenvalue weighted by molar-refractivity contribution is 0.670. The van der Waals surface area contributed by atoms with Gasteiger partial charge in [0.1, 0.15) is 16.0 Å². The van der Waals surface area contributed by atoms with Crippen LogP contribution in [0.1, 0.15) is 0 Å². The van der Waals surface area contributed by atoms with Crippen molar-refractivity contribution in [1.29, 1.82) is 0 Å². The molecule has 3 heterocycles. The minimum absolute atomic E-state index is 0.899. The number of hydrogen-bond donors (Lipinski definition) is 0. The standard InChI is InChI=1S/C25H15NOS/c1-2-7-16(8-3-1)23-15-17-13-14-21(26-25(17)28-23)20-11-6-10-19-18-9-4-5-12-22(18)27-24(19)20/h1-15H. The first kappa shape index (κ1) is 15.6. The number of pyridine rings is 1. The summed E-state index contributed by atoms with van der Waals surface area (Å²) in [6.07, 6.45) is 0. The summed E-state index contributed by atoms with van der Waals surface area (Å²) in [6.45, 7) is 0. The molecule has 0 unspecified atom stereocenters. The molecule has 6 rings (SSSR count). The molecule has 0 saturated carbocycles. The van der Waals surface area contributed by atoms with Gasteiger partial charge in [-0.15, -0.1) is 11.3 Å². The Morgan fingerprint density at radius 2 is 1.54 bits per heavy atom. The van der Waals surface area contributed by atoms with E-state index in [0.717, 1.165) is 38.0 Å². The van der Waals surface area contributed by atoms with Crippen LogP contribution in [-0.4, -0.2) is 4.98 Å². The van der Waals surface area contributed by atoms with Crippen molar-refractivity contribution in [3.8, 4) is 21.7 Å². The maximum Gasteiger partial charge on any atom is 0.144 e. The van der Waals surface area contributed by atoms with Crippen LogP contribution in [0.25, 0.3) is 53.9 Å². The van der Waals surface area contributed by atoms with Crippen molar-refractivity contribution in [2.45, 2.75) is 0 Å². The van der Waals surface area contributed by atoms with Gasteiger partial charge in [0.15, 0.2) is 0 Å². The molecule has 0 saturated heterocycles.